The summed E-state index contributed by atoms with van der Waals surface area (Å²) in [6.07, 6.45) is 3.61. The molecule has 11 heavy (non-hydrogen) atoms. The second-order valence-corrected chi connectivity index (χ2v) is 2.73. The molecule has 0 unspecified atom stereocenters. The number of alkyl halides is 1. The topological polar surface area (TPSA) is 0 Å². The average molecular weight is 215 g/mol. The van der Waals surface area contributed by atoms with Gasteiger partial charge in [-0.2, -0.15) is 0 Å². The molecule has 0 aliphatic heterocycles. The fraction of sp³-hybridized carbons (Fsp3) is 0.111. The first-order valence-electron chi connectivity index (χ1n) is 3.31. The Bertz CT molecular complexity index is 255. The molecular weight excluding hydrogens is 207 g/mol. The summed E-state index contributed by atoms with van der Waals surface area (Å²) in [5.41, 5.74) is 0.631. The highest BCUT2D eigenvalue weighted by molar-refractivity contribution is 9.09. The summed E-state index contributed by atoms with van der Waals surface area (Å²) in [5, 5.41) is 0.751. The molecule has 0 N–H and O–H groups in total. The molecular formula is C9H8BrF. The van der Waals surface area contributed by atoms with E-state index in [1.165, 1.54) is 6.07 Å². The van der Waals surface area contributed by atoms with Crippen LogP contribution in [0.15, 0.2) is 30.3 Å². The summed E-state index contributed by atoms with van der Waals surface area (Å²) in [4.78, 5) is 0. The molecule has 0 radical (unpaired) electrons. The molecule has 0 amide bonds. The lowest BCUT2D eigenvalue weighted by molar-refractivity contribution is 0.625. The zero-order chi connectivity index (χ0) is 8.10. The lowest BCUT2D eigenvalue weighted by Crippen LogP contribution is -1.78. The van der Waals surface area contributed by atoms with Gasteiger partial charge < -0.3 is 0 Å². The minimum Gasteiger partial charge on any atom is -0.206 e. The van der Waals surface area contributed by atoms with Crippen LogP contribution in [0.2, 0.25) is 0 Å². The van der Waals surface area contributed by atoms with Crippen LogP contribution in [0.3, 0.4) is 0 Å². The highest BCUT2D eigenvalue weighted by atomic mass is 79.9. The SMILES string of the molecule is Fc1ccccc1/C=C/CBr. The smallest absolute Gasteiger partial charge is 0.130 e. The zero-order valence-electron chi connectivity index (χ0n) is 5.93. The van der Waals surface area contributed by atoms with Crippen molar-refractivity contribution in [2.24, 2.45) is 0 Å². The Kier molecular flexibility index (Phi) is 3.30. The van der Waals surface area contributed by atoms with E-state index in [1.54, 1.807) is 18.2 Å². The molecule has 0 aliphatic rings. The highest BCUT2D eigenvalue weighted by Gasteiger charge is 1.92. The third-order valence-corrected chi connectivity index (χ3v) is 1.67. The first-order chi connectivity index (χ1) is 5.34. The van der Waals surface area contributed by atoms with Gasteiger partial charge >= 0.3 is 0 Å². The van der Waals surface area contributed by atoms with E-state index in [-0.39, 0.29) is 5.82 Å². The van der Waals surface area contributed by atoms with Crippen molar-refractivity contribution in [2.45, 2.75) is 0 Å². The summed E-state index contributed by atoms with van der Waals surface area (Å²) in [5.74, 6) is -0.176. The maximum atomic E-state index is 12.8. The van der Waals surface area contributed by atoms with E-state index in [1.807, 2.05) is 12.1 Å². The van der Waals surface area contributed by atoms with Gasteiger partial charge in [0.25, 0.3) is 0 Å². The molecule has 0 aromatic heterocycles. The first kappa shape index (κ1) is 8.47. The summed E-state index contributed by atoms with van der Waals surface area (Å²) in [7, 11) is 0. The zero-order valence-corrected chi connectivity index (χ0v) is 7.51. The van der Waals surface area contributed by atoms with Gasteiger partial charge in [0, 0.05) is 10.9 Å². The van der Waals surface area contributed by atoms with Gasteiger partial charge in [0.05, 0.1) is 0 Å². The average Bonchev–Trinajstić information content (AvgIpc) is 2.03. The van der Waals surface area contributed by atoms with Gasteiger partial charge in [0.1, 0.15) is 5.82 Å². The molecule has 0 bridgehead atoms. The van der Waals surface area contributed by atoms with Gasteiger partial charge in [-0.05, 0) is 6.07 Å². The molecule has 58 valence electrons. The predicted octanol–water partition coefficient (Wildman–Crippen LogP) is 3.23. The summed E-state index contributed by atoms with van der Waals surface area (Å²) in [6.45, 7) is 0. The van der Waals surface area contributed by atoms with Crippen LogP contribution in [0.4, 0.5) is 4.39 Å². The third-order valence-electron chi connectivity index (χ3n) is 1.29. The number of allylic oxidation sites excluding steroid dienone is 1. The van der Waals surface area contributed by atoms with Crippen molar-refractivity contribution in [3.63, 3.8) is 0 Å². The van der Waals surface area contributed by atoms with E-state index >= 15 is 0 Å². The quantitative estimate of drug-likeness (QED) is 0.664. The Morgan fingerprint density at radius 3 is 2.73 bits per heavy atom. The van der Waals surface area contributed by atoms with Crippen LogP contribution in [-0.2, 0) is 0 Å². The summed E-state index contributed by atoms with van der Waals surface area (Å²) >= 11 is 3.22. The largest absolute Gasteiger partial charge is 0.206 e. The molecule has 0 saturated heterocycles. The van der Waals surface area contributed by atoms with Gasteiger partial charge in [-0.15, -0.1) is 0 Å². The molecule has 0 fully saturated rings. The standard InChI is InChI=1S/C9H8BrF/c10-7-3-5-8-4-1-2-6-9(8)11/h1-6H,7H2/b5-3+. The molecule has 0 saturated carbocycles. The van der Waals surface area contributed by atoms with Crippen LogP contribution in [-0.4, -0.2) is 5.33 Å². The van der Waals surface area contributed by atoms with Crippen LogP contribution in [0.25, 0.3) is 6.08 Å². The van der Waals surface area contributed by atoms with Crippen molar-refractivity contribution in [3.05, 3.63) is 41.7 Å². The normalized spacial score (nSPS) is 10.7. The van der Waals surface area contributed by atoms with Crippen LogP contribution in [0.1, 0.15) is 5.56 Å². The van der Waals surface area contributed by atoms with E-state index < -0.39 is 0 Å². The van der Waals surface area contributed by atoms with Crippen LogP contribution >= 0.6 is 15.9 Å². The molecule has 1 aromatic carbocycles. The second kappa shape index (κ2) is 4.29. The lowest BCUT2D eigenvalue weighted by atomic mass is 10.2. The maximum Gasteiger partial charge on any atom is 0.130 e. The molecule has 0 nitrogen and oxygen atoms in total. The van der Waals surface area contributed by atoms with Gasteiger partial charge in [0.15, 0.2) is 0 Å². The Morgan fingerprint density at radius 2 is 2.09 bits per heavy atom. The Morgan fingerprint density at radius 1 is 1.36 bits per heavy atom. The predicted molar refractivity (Wildman–Crippen MR) is 49.2 cm³/mol. The summed E-state index contributed by atoms with van der Waals surface area (Å²) < 4.78 is 12.8. The highest BCUT2D eigenvalue weighted by Crippen LogP contribution is 2.07. The van der Waals surface area contributed by atoms with Crippen molar-refractivity contribution >= 4 is 22.0 Å². The monoisotopic (exact) mass is 214 g/mol. The van der Waals surface area contributed by atoms with E-state index in [0.29, 0.717) is 5.56 Å². The second-order valence-electron chi connectivity index (χ2n) is 2.08. The fourth-order valence-corrected chi connectivity index (χ4v) is 0.969. The van der Waals surface area contributed by atoms with E-state index in [0.717, 1.165) is 5.33 Å². The van der Waals surface area contributed by atoms with Gasteiger partial charge in [-0.3, -0.25) is 0 Å². The molecule has 1 rings (SSSR count). The minimum absolute atomic E-state index is 0.176. The van der Waals surface area contributed by atoms with Gasteiger partial charge in [0.2, 0.25) is 0 Å². The Balaban J connectivity index is 2.86. The molecule has 0 aliphatic carbocycles. The van der Waals surface area contributed by atoms with Crippen molar-refractivity contribution in [1.29, 1.82) is 0 Å². The molecule has 0 spiro atoms. The summed E-state index contributed by atoms with van der Waals surface area (Å²) in [6, 6.07) is 6.69. The van der Waals surface area contributed by atoms with Gasteiger partial charge in [-0.25, -0.2) is 4.39 Å². The molecule has 0 heterocycles. The third kappa shape index (κ3) is 2.46. The van der Waals surface area contributed by atoms with Crippen molar-refractivity contribution in [2.75, 3.05) is 5.33 Å². The van der Waals surface area contributed by atoms with E-state index in [9.17, 15) is 4.39 Å². The van der Waals surface area contributed by atoms with E-state index in [2.05, 4.69) is 15.9 Å². The van der Waals surface area contributed by atoms with E-state index in [4.69, 9.17) is 0 Å². The number of rotatable bonds is 2. The van der Waals surface area contributed by atoms with Crippen molar-refractivity contribution in [3.8, 4) is 0 Å². The fourth-order valence-electron chi connectivity index (χ4n) is 0.782. The molecule has 2 heteroatoms. The lowest BCUT2D eigenvalue weighted by Gasteiger charge is -1.93. The van der Waals surface area contributed by atoms with Crippen LogP contribution in [0.5, 0.6) is 0 Å². The maximum absolute atomic E-state index is 12.8. The molecule has 0 atom stereocenters. The number of hydrogen-bond acceptors (Lipinski definition) is 0. The van der Waals surface area contributed by atoms with Crippen molar-refractivity contribution in [1.82, 2.24) is 0 Å². The van der Waals surface area contributed by atoms with Crippen LogP contribution in [0, 0.1) is 5.82 Å². The first-order valence-corrected chi connectivity index (χ1v) is 4.44. The van der Waals surface area contributed by atoms with Crippen LogP contribution < -0.4 is 0 Å². The Labute approximate surface area is 73.9 Å². The minimum atomic E-state index is -0.176. The number of benzene rings is 1. The number of hydrogen-bond donors (Lipinski definition) is 0. The molecule has 1 aromatic rings. The van der Waals surface area contributed by atoms with Crippen molar-refractivity contribution < 1.29 is 4.39 Å². The number of halogens is 2. The Hall–Kier alpha value is -0.630. The van der Waals surface area contributed by atoms with Gasteiger partial charge in [-0.1, -0.05) is 46.3 Å².